The van der Waals surface area contributed by atoms with E-state index in [2.05, 4.69) is 71.5 Å². The van der Waals surface area contributed by atoms with Gasteiger partial charge in [-0.2, -0.15) is 0 Å². The van der Waals surface area contributed by atoms with E-state index in [4.69, 9.17) is 4.74 Å². The molecule has 0 saturated heterocycles. The van der Waals surface area contributed by atoms with Crippen LogP contribution >= 0.6 is 0 Å². The van der Waals surface area contributed by atoms with Crippen molar-refractivity contribution in [2.45, 2.75) is 41.5 Å². The number of benzene rings is 2. The van der Waals surface area contributed by atoms with Gasteiger partial charge in [0.05, 0.1) is 0 Å². The van der Waals surface area contributed by atoms with Gasteiger partial charge in [-0.05, 0) is 70.8 Å². The minimum atomic E-state index is 0.987. The highest BCUT2D eigenvalue weighted by molar-refractivity contribution is 5.50. The Morgan fingerprint density at radius 2 is 0.810 bits per heavy atom. The van der Waals surface area contributed by atoms with Gasteiger partial charge in [-0.3, -0.25) is 0 Å². The highest BCUT2D eigenvalue weighted by Crippen LogP contribution is 2.34. The van der Waals surface area contributed by atoms with Crippen molar-refractivity contribution in [1.82, 2.24) is 0 Å². The van der Waals surface area contributed by atoms with Gasteiger partial charge in [-0.15, -0.1) is 0 Å². The smallest absolute Gasteiger partial charge is 0.133 e. The Labute approximate surface area is 129 Å². The van der Waals surface area contributed by atoms with Crippen molar-refractivity contribution in [3.8, 4) is 11.5 Å². The molecule has 2 aromatic carbocycles. The van der Waals surface area contributed by atoms with Crippen LogP contribution in [0.2, 0.25) is 0 Å². The molecule has 0 atom stereocenters. The van der Waals surface area contributed by atoms with E-state index in [9.17, 15) is 0 Å². The summed E-state index contributed by atoms with van der Waals surface area (Å²) in [5.41, 5.74) is 11.8. The predicted octanol–water partition coefficient (Wildman–Crippen LogP) is 4.90. The summed E-state index contributed by atoms with van der Waals surface area (Å²) in [6, 6.07) is 8.67. The largest absolute Gasteiger partial charge is 0.456 e. The third-order valence-corrected chi connectivity index (χ3v) is 3.41. The Balaban J connectivity index is 0.00000106. The maximum atomic E-state index is 6.21. The van der Waals surface area contributed by atoms with E-state index < -0.39 is 0 Å². The summed E-state index contributed by atoms with van der Waals surface area (Å²) in [4.78, 5) is 0. The van der Waals surface area contributed by atoms with E-state index in [-0.39, 0.29) is 0 Å². The molecule has 0 fully saturated rings. The maximum Gasteiger partial charge on any atom is 0.133 e. The molecule has 0 bridgehead atoms. The molecular formula is C19H27NO. The maximum absolute atomic E-state index is 6.21. The minimum absolute atomic E-state index is 0.987. The van der Waals surface area contributed by atoms with E-state index in [1.165, 1.54) is 40.4 Å². The zero-order valence-electron chi connectivity index (χ0n) is 14.3. The molecule has 0 unspecified atom stereocenters. The van der Waals surface area contributed by atoms with E-state index in [1.807, 2.05) is 0 Å². The molecule has 0 aliphatic carbocycles. The summed E-state index contributed by atoms with van der Waals surface area (Å²) < 4.78 is 6.21. The third-order valence-electron chi connectivity index (χ3n) is 3.41. The lowest BCUT2D eigenvalue weighted by Crippen LogP contribution is -1.96. The molecule has 0 aliphatic rings. The molecule has 0 radical (unpaired) electrons. The SMILES string of the molecule is CN.Cc1cc(C)c(Oc2c(C)cc(C)cc2C)c(C)c1. The molecule has 2 aromatic rings. The molecule has 0 aromatic heterocycles. The second kappa shape index (κ2) is 7.28. The molecule has 2 rings (SSSR count). The average Bonchev–Trinajstić information content (AvgIpc) is 2.38. The number of hydrogen-bond donors (Lipinski definition) is 1. The predicted molar refractivity (Wildman–Crippen MR) is 91.5 cm³/mol. The third kappa shape index (κ3) is 4.08. The fraction of sp³-hybridized carbons (Fsp3) is 0.368. The normalized spacial score (nSPS) is 9.90. The molecule has 21 heavy (non-hydrogen) atoms. The summed E-state index contributed by atoms with van der Waals surface area (Å²) in [6.45, 7) is 12.7. The number of aryl methyl sites for hydroxylation is 6. The minimum Gasteiger partial charge on any atom is -0.456 e. The van der Waals surface area contributed by atoms with Gasteiger partial charge in [0.25, 0.3) is 0 Å². The fourth-order valence-corrected chi connectivity index (χ4v) is 2.76. The van der Waals surface area contributed by atoms with Crippen LogP contribution in [-0.4, -0.2) is 7.05 Å². The van der Waals surface area contributed by atoms with Gasteiger partial charge in [-0.25, -0.2) is 0 Å². The van der Waals surface area contributed by atoms with E-state index in [0.717, 1.165) is 11.5 Å². The summed E-state index contributed by atoms with van der Waals surface area (Å²) in [6.07, 6.45) is 0. The van der Waals surface area contributed by atoms with Crippen LogP contribution in [0.4, 0.5) is 0 Å². The lowest BCUT2D eigenvalue weighted by molar-refractivity contribution is 0.467. The topological polar surface area (TPSA) is 35.2 Å². The van der Waals surface area contributed by atoms with Crippen LogP contribution in [0.25, 0.3) is 0 Å². The number of ether oxygens (including phenoxy) is 1. The van der Waals surface area contributed by atoms with Crippen LogP contribution < -0.4 is 10.5 Å². The van der Waals surface area contributed by atoms with Crippen LogP contribution in [0.5, 0.6) is 11.5 Å². The van der Waals surface area contributed by atoms with E-state index >= 15 is 0 Å². The van der Waals surface area contributed by atoms with Gasteiger partial charge >= 0.3 is 0 Å². The molecule has 0 heterocycles. The molecule has 0 aliphatic heterocycles. The van der Waals surface area contributed by atoms with Gasteiger partial charge in [0.15, 0.2) is 0 Å². The Hall–Kier alpha value is -1.80. The molecule has 0 amide bonds. The van der Waals surface area contributed by atoms with Crippen molar-refractivity contribution >= 4 is 0 Å². The summed E-state index contributed by atoms with van der Waals surface area (Å²) in [5.74, 6) is 1.97. The van der Waals surface area contributed by atoms with Gasteiger partial charge in [-0.1, -0.05) is 35.4 Å². The Kier molecular flexibility index (Phi) is 5.98. The molecule has 0 spiro atoms. The quantitative estimate of drug-likeness (QED) is 0.851. The van der Waals surface area contributed by atoms with Gasteiger partial charge < -0.3 is 10.5 Å². The molecule has 0 saturated carbocycles. The molecule has 2 N–H and O–H groups in total. The van der Waals surface area contributed by atoms with Crippen LogP contribution in [-0.2, 0) is 0 Å². The van der Waals surface area contributed by atoms with Crippen molar-refractivity contribution in [2.24, 2.45) is 5.73 Å². The zero-order chi connectivity index (χ0) is 16.2. The fourth-order valence-electron chi connectivity index (χ4n) is 2.76. The zero-order valence-corrected chi connectivity index (χ0v) is 14.3. The van der Waals surface area contributed by atoms with E-state index in [0.29, 0.717) is 0 Å². The van der Waals surface area contributed by atoms with Crippen LogP contribution in [0.1, 0.15) is 33.4 Å². The van der Waals surface area contributed by atoms with E-state index in [1.54, 1.807) is 0 Å². The Morgan fingerprint density at radius 3 is 1.05 bits per heavy atom. The Bertz CT molecular complexity index is 528. The van der Waals surface area contributed by atoms with Gasteiger partial charge in [0.2, 0.25) is 0 Å². The Morgan fingerprint density at radius 1 is 0.571 bits per heavy atom. The first-order chi connectivity index (χ1) is 9.88. The van der Waals surface area contributed by atoms with Crippen molar-refractivity contribution in [3.05, 3.63) is 57.6 Å². The number of rotatable bonds is 2. The van der Waals surface area contributed by atoms with Crippen LogP contribution in [0, 0.1) is 41.5 Å². The lowest BCUT2D eigenvalue weighted by atomic mass is 10.0. The highest BCUT2D eigenvalue weighted by atomic mass is 16.5. The first-order valence-electron chi connectivity index (χ1n) is 7.29. The van der Waals surface area contributed by atoms with Crippen molar-refractivity contribution in [1.29, 1.82) is 0 Å². The molecule has 2 nitrogen and oxygen atoms in total. The number of nitrogens with two attached hydrogens (primary N) is 1. The lowest BCUT2D eigenvalue weighted by Gasteiger charge is -2.17. The average molecular weight is 285 g/mol. The van der Waals surface area contributed by atoms with Gasteiger partial charge in [0.1, 0.15) is 11.5 Å². The first-order valence-corrected chi connectivity index (χ1v) is 7.29. The molecule has 114 valence electrons. The summed E-state index contributed by atoms with van der Waals surface area (Å²) >= 11 is 0. The van der Waals surface area contributed by atoms with Crippen molar-refractivity contribution in [2.75, 3.05) is 7.05 Å². The summed E-state index contributed by atoms with van der Waals surface area (Å²) in [7, 11) is 1.50. The second-order valence-corrected chi connectivity index (χ2v) is 5.56. The first kappa shape index (κ1) is 17.3. The standard InChI is InChI=1S/C18H22O.CH5N/c1-11-7-13(3)17(14(4)8-11)19-18-15(5)9-12(2)10-16(18)6;1-2/h7-10H,1-6H3;2H2,1H3. The second-order valence-electron chi connectivity index (χ2n) is 5.56. The monoisotopic (exact) mass is 285 g/mol. The summed E-state index contributed by atoms with van der Waals surface area (Å²) in [5, 5.41) is 0. The van der Waals surface area contributed by atoms with Crippen molar-refractivity contribution < 1.29 is 4.74 Å². The highest BCUT2D eigenvalue weighted by Gasteiger charge is 2.10. The number of hydrogen-bond acceptors (Lipinski definition) is 2. The van der Waals surface area contributed by atoms with Crippen LogP contribution in [0.15, 0.2) is 24.3 Å². The van der Waals surface area contributed by atoms with Crippen LogP contribution in [0.3, 0.4) is 0 Å². The van der Waals surface area contributed by atoms with Gasteiger partial charge in [0, 0.05) is 0 Å². The molecule has 2 heteroatoms. The molecular weight excluding hydrogens is 258 g/mol. The van der Waals surface area contributed by atoms with Crippen molar-refractivity contribution in [3.63, 3.8) is 0 Å².